The molecule has 0 spiro atoms. The van der Waals surface area contributed by atoms with Crippen molar-refractivity contribution in [3.8, 4) is 0 Å². The molecule has 0 amide bonds. The Balaban J connectivity index is 1.69. The maximum atomic E-state index is 12.6. The number of ether oxygens (including phenoxy) is 1. The molecule has 2 heteroatoms. The van der Waals surface area contributed by atoms with Gasteiger partial charge in [-0.25, -0.2) is 0 Å². The fourth-order valence-electron chi connectivity index (χ4n) is 7.53. The molecule has 0 bridgehead atoms. The zero-order valence-corrected chi connectivity index (χ0v) is 16.0. The monoisotopic (exact) mass is 330 g/mol. The van der Waals surface area contributed by atoms with E-state index in [1.54, 1.807) is 12.7 Å². The number of esters is 1. The van der Waals surface area contributed by atoms with Gasteiger partial charge < -0.3 is 4.74 Å². The predicted octanol–water partition coefficient (Wildman–Crippen LogP) is 5.52. The van der Waals surface area contributed by atoms with Gasteiger partial charge in [-0.05, 0) is 86.9 Å². The first-order valence-corrected chi connectivity index (χ1v) is 10.1. The van der Waals surface area contributed by atoms with Crippen LogP contribution in [0.15, 0.2) is 11.6 Å². The Morgan fingerprint density at radius 3 is 2.58 bits per heavy atom. The molecule has 4 rings (SSSR count). The summed E-state index contributed by atoms with van der Waals surface area (Å²) in [4.78, 5) is 12.6. The molecule has 0 aromatic carbocycles. The van der Waals surface area contributed by atoms with Gasteiger partial charge in [0.15, 0.2) is 0 Å². The van der Waals surface area contributed by atoms with E-state index in [1.807, 2.05) is 0 Å². The smallest absolute Gasteiger partial charge is 0.312 e. The first-order valence-electron chi connectivity index (χ1n) is 10.1. The molecule has 0 aliphatic heterocycles. The van der Waals surface area contributed by atoms with Gasteiger partial charge in [0.2, 0.25) is 0 Å². The molecule has 0 aromatic heterocycles. The van der Waals surface area contributed by atoms with Crippen LogP contribution in [0.3, 0.4) is 0 Å². The van der Waals surface area contributed by atoms with Crippen molar-refractivity contribution in [1.82, 2.24) is 0 Å². The molecule has 0 aromatic rings. The molecule has 24 heavy (non-hydrogen) atoms. The minimum absolute atomic E-state index is 0.0295. The molecule has 2 nitrogen and oxygen atoms in total. The third-order valence-corrected chi connectivity index (χ3v) is 9.26. The molecule has 4 aliphatic carbocycles. The number of carbonyl (C=O) groups excluding carboxylic acids is 1. The van der Waals surface area contributed by atoms with Crippen LogP contribution in [0, 0.1) is 34.0 Å². The summed E-state index contributed by atoms with van der Waals surface area (Å²) < 4.78 is 5.24. The van der Waals surface area contributed by atoms with Gasteiger partial charge in [0.1, 0.15) is 0 Å². The summed E-state index contributed by atoms with van der Waals surface area (Å²) in [7, 11) is 1.56. The summed E-state index contributed by atoms with van der Waals surface area (Å²) in [6.45, 7) is 7.15. The molecular formula is C22H34O2. The summed E-state index contributed by atoms with van der Waals surface area (Å²) in [5.41, 5.74) is 2.06. The van der Waals surface area contributed by atoms with Crippen molar-refractivity contribution >= 4 is 5.97 Å². The van der Waals surface area contributed by atoms with Crippen LogP contribution in [0.5, 0.6) is 0 Å². The summed E-state index contributed by atoms with van der Waals surface area (Å²) in [6, 6.07) is 0. The lowest BCUT2D eigenvalue weighted by Gasteiger charge is -2.58. The van der Waals surface area contributed by atoms with Gasteiger partial charge in [-0.3, -0.25) is 4.79 Å². The van der Waals surface area contributed by atoms with Crippen molar-refractivity contribution < 1.29 is 9.53 Å². The molecule has 0 heterocycles. The Morgan fingerprint density at radius 1 is 1.08 bits per heavy atom. The lowest BCUT2D eigenvalue weighted by molar-refractivity contribution is -0.164. The standard InChI is InChI=1S/C22H34O2/c1-20-12-6-5-7-15(20)8-9-16-17(20)10-13-21(2)18(16)11-14-22(21,3)19(23)24-4/h8,16-18H,5-7,9-14H2,1-4H3/t16-,17+,18+,20+,21+,22-/m1/s1. The molecule has 0 unspecified atom stereocenters. The highest BCUT2D eigenvalue weighted by molar-refractivity contribution is 5.78. The second kappa shape index (κ2) is 5.35. The Morgan fingerprint density at radius 2 is 1.83 bits per heavy atom. The van der Waals surface area contributed by atoms with E-state index in [2.05, 4.69) is 26.8 Å². The molecule has 134 valence electrons. The highest BCUT2D eigenvalue weighted by Crippen LogP contribution is 2.69. The first-order chi connectivity index (χ1) is 11.4. The van der Waals surface area contributed by atoms with E-state index < -0.39 is 0 Å². The van der Waals surface area contributed by atoms with E-state index in [-0.39, 0.29) is 16.8 Å². The van der Waals surface area contributed by atoms with E-state index in [9.17, 15) is 4.79 Å². The minimum Gasteiger partial charge on any atom is -0.469 e. The number of fused-ring (bicyclic) bond motifs is 5. The van der Waals surface area contributed by atoms with Gasteiger partial charge in [-0.2, -0.15) is 0 Å². The first kappa shape index (κ1) is 16.7. The quantitative estimate of drug-likeness (QED) is 0.467. The molecule has 0 saturated heterocycles. The average molecular weight is 331 g/mol. The molecule has 0 N–H and O–H groups in total. The maximum absolute atomic E-state index is 12.6. The number of allylic oxidation sites excluding steroid dienone is 2. The van der Waals surface area contributed by atoms with Crippen LogP contribution in [0.25, 0.3) is 0 Å². The van der Waals surface area contributed by atoms with Crippen LogP contribution < -0.4 is 0 Å². The van der Waals surface area contributed by atoms with E-state index in [0.717, 1.165) is 18.3 Å². The lowest BCUT2D eigenvalue weighted by Crippen LogP contribution is -2.53. The van der Waals surface area contributed by atoms with E-state index in [4.69, 9.17) is 4.74 Å². The van der Waals surface area contributed by atoms with Crippen molar-refractivity contribution in [3.63, 3.8) is 0 Å². The zero-order valence-electron chi connectivity index (χ0n) is 16.0. The summed E-state index contributed by atoms with van der Waals surface area (Å²) in [6.07, 6.45) is 14.1. The summed E-state index contributed by atoms with van der Waals surface area (Å²) >= 11 is 0. The number of hydrogen-bond acceptors (Lipinski definition) is 2. The normalized spacial score (nSPS) is 50.3. The second-order valence-corrected chi connectivity index (χ2v) is 9.78. The van der Waals surface area contributed by atoms with E-state index in [1.165, 1.54) is 51.4 Å². The molecule has 6 atom stereocenters. The van der Waals surface area contributed by atoms with E-state index >= 15 is 0 Å². The number of carbonyl (C=O) groups is 1. The Kier molecular flexibility index (Phi) is 3.72. The fraction of sp³-hybridized carbons (Fsp3) is 0.864. The predicted molar refractivity (Wildman–Crippen MR) is 96.4 cm³/mol. The van der Waals surface area contributed by atoms with Gasteiger partial charge in [0.25, 0.3) is 0 Å². The topological polar surface area (TPSA) is 26.3 Å². The van der Waals surface area contributed by atoms with Crippen LogP contribution in [0.2, 0.25) is 0 Å². The van der Waals surface area contributed by atoms with Crippen molar-refractivity contribution in [2.45, 2.75) is 78.6 Å². The maximum Gasteiger partial charge on any atom is 0.312 e. The highest BCUT2D eigenvalue weighted by Gasteiger charge is 2.64. The van der Waals surface area contributed by atoms with Gasteiger partial charge >= 0.3 is 5.97 Å². The van der Waals surface area contributed by atoms with Crippen LogP contribution in [-0.4, -0.2) is 13.1 Å². The number of methoxy groups -OCH3 is 1. The van der Waals surface area contributed by atoms with E-state index in [0.29, 0.717) is 11.3 Å². The van der Waals surface area contributed by atoms with Crippen LogP contribution in [0.4, 0.5) is 0 Å². The van der Waals surface area contributed by atoms with Gasteiger partial charge in [0.05, 0.1) is 12.5 Å². The summed E-state index contributed by atoms with van der Waals surface area (Å²) in [5.74, 6) is 2.34. The lowest BCUT2D eigenvalue weighted by atomic mass is 9.46. The molecular weight excluding hydrogens is 296 g/mol. The van der Waals surface area contributed by atoms with Gasteiger partial charge in [-0.15, -0.1) is 0 Å². The molecule has 0 radical (unpaired) electrons. The van der Waals surface area contributed by atoms with Gasteiger partial charge in [0, 0.05) is 0 Å². The Bertz CT molecular complexity index is 579. The SMILES string of the molecule is COC(=O)[C@@]1(C)CC[C@H]2[C@@H]3CC=C4CCCC[C@]4(C)[C@H]3CC[C@@]21C. The summed E-state index contributed by atoms with van der Waals surface area (Å²) in [5, 5.41) is 0. The molecule has 3 fully saturated rings. The van der Waals surface area contributed by atoms with Crippen molar-refractivity contribution in [3.05, 3.63) is 11.6 Å². The van der Waals surface area contributed by atoms with Crippen LogP contribution >= 0.6 is 0 Å². The average Bonchev–Trinajstić information content (AvgIpc) is 2.86. The third kappa shape index (κ3) is 1.92. The van der Waals surface area contributed by atoms with Gasteiger partial charge in [-0.1, -0.05) is 31.9 Å². The fourth-order valence-corrected chi connectivity index (χ4v) is 7.53. The van der Waals surface area contributed by atoms with Crippen molar-refractivity contribution in [1.29, 1.82) is 0 Å². The van der Waals surface area contributed by atoms with Crippen LogP contribution in [-0.2, 0) is 9.53 Å². The van der Waals surface area contributed by atoms with Crippen LogP contribution in [0.1, 0.15) is 78.6 Å². The minimum atomic E-state index is -0.283. The zero-order chi connectivity index (χ0) is 17.2. The number of hydrogen-bond donors (Lipinski definition) is 0. The largest absolute Gasteiger partial charge is 0.469 e. The second-order valence-electron chi connectivity index (χ2n) is 9.78. The Labute approximate surface area is 147 Å². The Hall–Kier alpha value is -0.790. The molecule has 4 aliphatic rings. The van der Waals surface area contributed by atoms with Crippen molar-refractivity contribution in [2.24, 2.45) is 34.0 Å². The highest BCUT2D eigenvalue weighted by atomic mass is 16.5. The van der Waals surface area contributed by atoms with Crippen molar-refractivity contribution in [2.75, 3.05) is 7.11 Å². The molecule has 3 saturated carbocycles. The third-order valence-electron chi connectivity index (χ3n) is 9.26. The number of rotatable bonds is 1.